The van der Waals surface area contributed by atoms with E-state index in [2.05, 4.69) is 5.32 Å². The van der Waals surface area contributed by atoms with E-state index in [1.54, 1.807) is 0 Å². The predicted molar refractivity (Wildman–Crippen MR) is 83.9 cm³/mol. The van der Waals surface area contributed by atoms with Crippen molar-refractivity contribution in [1.29, 1.82) is 0 Å². The molecule has 1 fully saturated rings. The lowest BCUT2D eigenvalue weighted by Gasteiger charge is -2.40. The number of aromatic hydroxyl groups is 2. The Morgan fingerprint density at radius 2 is 1.84 bits per heavy atom. The first-order valence-electron chi connectivity index (χ1n) is 7.74. The van der Waals surface area contributed by atoms with Gasteiger partial charge in [0.1, 0.15) is 6.10 Å². The van der Waals surface area contributed by atoms with Gasteiger partial charge < -0.3 is 36.0 Å². The summed E-state index contributed by atoms with van der Waals surface area (Å²) in [6, 6.07) is 3.03. The van der Waals surface area contributed by atoms with E-state index >= 15 is 0 Å². The summed E-state index contributed by atoms with van der Waals surface area (Å²) < 4.78 is 0. The fourth-order valence-electron chi connectivity index (χ4n) is 2.88. The van der Waals surface area contributed by atoms with Crippen molar-refractivity contribution in [3.05, 3.63) is 23.8 Å². The summed E-state index contributed by atoms with van der Waals surface area (Å²) >= 11 is 0. The number of phenols is 2. The first-order valence-corrected chi connectivity index (χ1v) is 7.74. The molecule has 1 saturated carbocycles. The fraction of sp³-hybridized carbons (Fsp3) is 0.500. The van der Waals surface area contributed by atoms with E-state index in [0.29, 0.717) is 5.56 Å². The molecule has 9 heteroatoms. The number of carbonyl (C=O) groups is 2. The van der Waals surface area contributed by atoms with E-state index in [1.807, 2.05) is 0 Å². The molecule has 0 spiro atoms. The van der Waals surface area contributed by atoms with Gasteiger partial charge in [-0.05, 0) is 24.1 Å². The van der Waals surface area contributed by atoms with E-state index in [-0.39, 0.29) is 24.3 Å². The van der Waals surface area contributed by atoms with Gasteiger partial charge in [-0.25, -0.2) is 4.79 Å². The van der Waals surface area contributed by atoms with Gasteiger partial charge in [0.15, 0.2) is 17.1 Å². The van der Waals surface area contributed by atoms with Gasteiger partial charge in [-0.3, -0.25) is 4.79 Å². The third kappa shape index (κ3) is 4.38. The van der Waals surface area contributed by atoms with Gasteiger partial charge in [0.25, 0.3) is 0 Å². The zero-order valence-electron chi connectivity index (χ0n) is 13.3. The van der Waals surface area contributed by atoms with Gasteiger partial charge in [0, 0.05) is 19.3 Å². The molecule has 0 radical (unpaired) electrons. The van der Waals surface area contributed by atoms with Crippen LogP contribution in [0.3, 0.4) is 0 Å². The fourth-order valence-corrected chi connectivity index (χ4v) is 2.88. The number of amides is 1. The zero-order valence-corrected chi connectivity index (χ0v) is 13.3. The summed E-state index contributed by atoms with van der Waals surface area (Å²) in [5.74, 6) is -2.63. The third-order valence-corrected chi connectivity index (χ3v) is 4.34. The maximum Gasteiger partial charge on any atom is 0.335 e. The summed E-state index contributed by atoms with van der Waals surface area (Å²) in [6.07, 6.45) is -3.62. The summed E-state index contributed by atoms with van der Waals surface area (Å²) in [4.78, 5) is 23.2. The molecule has 2 rings (SSSR count). The minimum Gasteiger partial charge on any atom is -0.504 e. The minimum atomic E-state index is -2.22. The number of carbonyl (C=O) groups excluding carboxylic acids is 1. The maximum atomic E-state index is 12.0. The second-order valence-corrected chi connectivity index (χ2v) is 6.30. The number of benzene rings is 1. The van der Waals surface area contributed by atoms with Crippen molar-refractivity contribution in [1.82, 2.24) is 5.32 Å². The number of carboxylic acid groups (broad SMARTS) is 1. The molecule has 138 valence electrons. The van der Waals surface area contributed by atoms with E-state index in [1.165, 1.54) is 18.2 Å². The molecule has 1 aliphatic carbocycles. The molecule has 0 bridgehead atoms. The van der Waals surface area contributed by atoms with Crippen LogP contribution < -0.4 is 5.32 Å². The van der Waals surface area contributed by atoms with Gasteiger partial charge >= 0.3 is 5.97 Å². The average Bonchev–Trinajstić information content (AvgIpc) is 2.53. The maximum absolute atomic E-state index is 12.0. The second-order valence-electron chi connectivity index (χ2n) is 6.30. The average molecular weight is 355 g/mol. The van der Waals surface area contributed by atoms with Crippen LogP contribution in [0.4, 0.5) is 0 Å². The van der Waals surface area contributed by atoms with Crippen molar-refractivity contribution >= 4 is 11.9 Å². The largest absolute Gasteiger partial charge is 0.504 e. The van der Waals surface area contributed by atoms with Crippen molar-refractivity contribution in [2.45, 2.75) is 49.5 Å². The van der Waals surface area contributed by atoms with Crippen LogP contribution in [-0.2, 0) is 16.0 Å². The Bertz CT molecular complexity index is 664. The van der Waals surface area contributed by atoms with Crippen LogP contribution in [0, 0.1) is 0 Å². The number of aryl methyl sites for hydroxylation is 1. The summed E-state index contributed by atoms with van der Waals surface area (Å²) in [7, 11) is 0. The van der Waals surface area contributed by atoms with Crippen molar-refractivity contribution in [3.8, 4) is 11.5 Å². The van der Waals surface area contributed by atoms with Crippen LogP contribution in [0.25, 0.3) is 0 Å². The minimum absolute atomic E-state index is 0.0327. The molecule has 1 aromatic rings. The normalized spacial score (nSPS) is 29.2. The SMILES string of the molecule is O=C(CCc1ccc(O)c(O)c1)N[C@@H]1C[C@](O)(C(=O)O)C[C@@H](O)[C@H]1O. The quantitative estimate of drug-likeness (QED) is 0.325. The zero-order chi connectivity index (χ0) is 18.8. The number of aliphatic hydroxyl groups excluding tert-OH is 2. The van der Waals surface area contributed by atoms with Crippen LogP contribution in [0.5, 0.6) is 11.5 Å². The molecule has 7 N–H and O–H groups in total. The van der Waals surface area contributed by atoms with Gasteiger partial charge in [0.05, 0.1) is 12.1 Å². The van der Waals surface area contributed by atoms with Crippen molar-refractivity contribution < 1.29 is 40.2 Å². The van der Waals surface area contributed by atoms with Gasteiger partial charge in [0.2, 0.25) is 5.91 Å². The molecular weight excluding hydrogens is 334 g/mol. The number of hydrogen-bond donors (Lipinski definition) is 7. The summed E-state index contributed by atoms with van der Waals surface area (Å²) in [5, 5.41) is 59.8. The molecule has 1 amide bonds. The number of aliphatic carboxylic acids is 1. The van der Waals surface area contributed by atoms with Crippen LogP contribution in [0.2, 0.25) is 0 Å². The number of nitrogens with one attached hydrogen (secondary N) is 1. The Morgan fingerprint density at radius 1 is 1.16 bits per heavy atom. The number of aliphatic hydroxyl groups is 3. The second kappa shape index (κ2) is 7.26. The first-order chi connectivity index (χ1) is 11.6. The monoisotopic (exact) mass is 355 g/mol. The van der Waals surface area contributed by atoms with E-state index in [9.17, 15) is 35.1 Å². The highest BCUT2D eigenvalue weighted by Crippen LogP contribution is 2.30. The molecular formula is C16H21NO8. The van der Waals surface area contributed by atoms with Crippen LogP contribution >= 0.6 is 0 Å². The summed E-state index contributed by atoms with van der Waals surface area (Å²) in [5.41, 5.74) is -1.63. The van der Waals surface area contributed by atoms with Crippen molar-refractivity contribution in [2.24, 2.45) is 0 Å². The molecule has 1 aromatic carbocycles. The molecule has 25 heavy (non-hydrogen) atoms. The number of carboxylic acids is 1. The molecule has 0 aliphatic heterocycles. The Hall–Kier alpha value is -2.36. The number of phenolic OH excluding ortho intramolecular Hbond substituents is 2. The lowest BCUT2D eigenvalue weighted by Crippen LogP contribution is -2.61. The van der Waals surface area contributed by atoms with E-state index in [4.69, 9.17) is 5.11 Å². The number of rotatable bonds is 5. The molecule has 4 atom stereocenters. The summed E-state index contributed by atoms with van der Waals surface area (Å²) in [6.45, 7) is 0. The van der Waals surface area contributed by atoms with Gasteiger partial charge in [-0.1, -0.05) is 6.07 Å². The number of hydrogen-bond acceptors (Lipinski definition) is 7. The molecule has 1 aliphatic rings. The molecule has 0 saturated heterocycles. The molecule has 0 aromatic heterocycles. The topological polar surface area (TPSA) is 168 Å². The van der Waals surface area contributed by atoms with E-state index in [0.717, 1.165) is 0 Å². The first kappa shape index (κ1) is 19.0. The lowest BCUT2D eigenvalue weighted by atomic mass is 9.78. The Kier molecular flexibility index (Phi) is 5.51. The predicted octanol–water partition coefficient (Wildman–Crippen LogP) is -1.15. The lowest BCUT2D eigenvalue weighted by molar-refractivity contribution is -0.175. The Labute approximate surface area is 143 Å². The third-order valence-electron chi connectivity index (χ3n) is 4.34. The van der Waals surface area contributed by atoms with Crippen molar-refractivity contribution in [2.75, 3.05) is 0 Å². The highest BCUT2D eigenvalue weighted by Gasteiger charge is 2.49. The molecule has 9 nitrogen and oxygen atoms in total. The smallest absolute Gasteiger partial charge is 0.335 e. The van der Waals surface area contributed by atoms with E-state index < -0.39 is 48.6 Å². The molecule has 0 unspecified atom stereocenters. The standard InChI is InChI=1S/C16H21NO8/c18-10-3-1-8(5-11(10)19)2-4-13(21)17-9-6-16(25,15(23)24)7-12(20)14(9)22/h1,3,5,9,12,14,18-20,22,25H,2,4,6-7H2,(H,17,21)(H,23,24)/t9-,12-,14+,16-/m1/s1. The van der Waals surface area contributed by atoms with Crippen LogP contribution in [0.15, 0.2) is 18.2 Å². The Balaban J connectivity index is 1.96. The highest BCUT2D eigenvalue weighted by atomic mass is 16.4. The Morgan fingerprint density at radius 3 is 2.44 bits per heavy atom. The molecule has 0 heterocycles. The van der Waals surface area contributed by atoms with Gasteiger partial charge in [-0.2, -0.15) is 0 Å². The van der Waals surface area contributed by atoms with Gasteiger partial charge in [-0.15, -0.1) is 0 Å². The van der Waals surface area contributed by atoms with Crippen molar-refractivity contribution in [3.63, 3.8) is 0 Å². The van der Waals surface area contributed by atoms with Crippen LogP contribution in [0.1, 0.15) is 24.8 Å². The van der Waals surface area contributed by atoms with Crippen LogP contribution in [-0.4, -0.2) is 66.4 Å². The highest BCUT2D eigenvalue weighted by molar-refractivity contribution is 5.79.